The van der Waals surface area contributed by atoms with E-state index in [1.807, 2.05) is 0 Å². The highest BCUT2D eigenvalue weighted by molar-refractivity contribution is 5.88. The molecule has 1 fully saturated rings. The second-order valence-corrected chi connectivity index (χ2v) is 5.83. The van der Waals surface area contributed by atoms with Crippen molar-refractivity contribution in [3.8, 4) is 0 Å². The number of furan rings is 1. The molecule has 5 nitrogen and oxygen atoms in total. The largest absolute Gasteiger partial charge is 0.478 e. The van der Waals surface area contributed by atoms with Crippen LogP contribution in [0.3, 0.4) is 0 Å². The van der Waals surface area contributed by atoms with E-state index in [4.69, 9.17) is 9.52 Å². The monoisotopic (exact) mass is 293 g/mol. The van der Waals surface area contributed by atoms with Crippen LogP contribution in [0.4, 0.5) is 0 Å². The van der Waals surface area contributed by atoms with Gasteiger partial charge < -0.3 is 14.8 Å². The molecule has 0 spiro atoms. The van der Waals surface area contributed by atoms with Crippen LogP contribution in [0.1, 0.15) is 66.8 Å². The SMILES string of the molecule is Cc1oc(CNC(=O)CC2CCCCCC2)cc1C(=O)O. The molecule has 2 rings (SSSR count). The van der Waals surface area contributed by atoms with E-state index in [1.54, 1.807) is 6.92 Å². The molecule has 0 aromatic carbocycles. The van der Waals surface area contributed by atoms with Gasteiger partial charge in [0.15, 0.2) is 0 Å². The molecule has 0 radical (unpaired) electrons. The number of hydrogen-bond donors (Lipinski definition) is 2. The third kappa shape index (κ3) is 4.62. The van der Waals surface area contributed by atoms with Crippen molar-refractivity contribution in [3.63, 3.8) is 0 Å². The van der Waals surface area contributed by atoms with E-state index in [2.05, 4.69) is 5.32 Å². The molecule has 1 aromatic heterocycles. The molecule has 1 amide bonds. The zero-order valence-corrected chi connectivity index (χ0v) is 12.5. The van der Waals surface area contributed by atoms with Gasteiger partial charge in [-0.05, 0) is 31.7 Å². The van der Waals surface area contributed by atoms with Crippen molar-refractivity contribution >= 4 is 11.9 Å². The summed E-state index contributed by atoms with van der Waals surface area (Å²) in [4.78, 5) is 22.9. The van der Waals surface area contributed by atoms with Crippen LogP contribution >= 0.6 is 0 Å². The molecule has 0 saturated heterocycles. The van der Waals surface area contributed by atoms with Gasteiger partial charge in [0.1, 0.15) is 17.1 Å². The molecular weight excluding hydrogens is 270 g/mol. The maximum atomic E-state index is 12.0. The lowest BCUT2D eigenvalue weighted by molar-refractivity contribution is -0.122. The number of rotatable bonds is 5. The number of carboxylic acids is 1. The molecule has 1 aliphatic carbocycles. The van der Waals surface area contributed by atoms with Gasteiger partial charge in [-0.3, -0.25) is 4.79 Å². The molecule has 0 aliphatic heterocycles. The number of amides is 1. The molecule has 0 bridgehead atoms. The van der Waals surface area contributed by atoms with Crippen molar-refractivity contribution in [3.05, 3.63) is 23.2 Å². The van der Waals surface area contributed by atoms with Gasteiger partial charge in [-0.15, -0.1) is 0 Å². The van der Waals surface area contributed by atoms with Gasteiger partial charge in [-0.2, -0.15) is 0 Å². The first-order chi connectivity index (χ1) is 10.1. The molecule has 1 heterocycles. The summed E-state index contributed by atoms with van der Waals surface area (Å²) in [7, 11) is 0. The molecule has 116 valence electrons. The number of carbonyl (C=O) groups is 2. The quantitative estimate of drug-likeness (QED) is 0.817. The summed E-state index contributed by atoms with van der Waals surface area (Å²) in [6, 6.07) is 1.48. The van der Waals surface area contributed by atoms with Crippen LogP contribution in [0.15, 0.2) is 10.5 Å². The van der Waals surface area contributed by atoms with Crippen LogP contribution in [-0.2, 0) is 11.3 Å². The fourth-order valence-electron chi connectivity index (χ4n) is 2.93. The van der Waals surface area contributed by atoms with Crippen LogP contribution in [-0.4, -0.2) is 17.0 Å². The molecular formula is C16H23NO4. The average Bonchev–Trinajstić information content (AvgIpc) is 2.63. The maximum absolute atomic E-state index is 12.0. The summed E-state index contributed by atoms with van der Waals surface area (Å²) in [6.07, 6.45) is 7.83. The molecule has 1 aliphatic rings. The minimum absolute atomic E-state index is 0.0211. The summed E-state index contributed by atoms with van der Waals surface area (Å²) >= 11 is 0. The van der Waals surface area contributed by atoms with Crippen molar-refractivity contribution in [2.75, 3.05) is 0 Å². The Morgan fingerprint density at radius 3 is 2.52 bits per heavy atom. The Bertz CT molecular complexity index is 498. The standard InChI is InChI=1S/C16H23NO4/c1-11-14(16(19)20)9-13(21-11)10-17-15(18)8-12-6-4-2-3-5-7-12/h9,12H,2-8,10H2,1H3,(H,17,18)(H,19,20). The molecule has 0 unspecified atom stereocenters. The molecule has 1 aromatic rings. The summed E-state index contributed by atoms with van der Waals surface area (Å²) in [5, 5.41) is 11.8. The van der Waals surface area contributed by atoms with Gasteiger partial charge in [0.05, 0.1) is 6.54 Å². The van der Waals surface area contributed by atoms with Crippen molar-refractivity contribution in [2.45, 2.75) is 58.4 Å². The van der Waals surface area contributed by atoms with E-state index >= 15 is 0 Å². The number of aryl methyl sites for hydroxylation is 1. The second-order valence-electron chi connectivity index (χ2n) is 5.83. The highest BCUT2D eigenvalue weighted by atomic mass is 16.4. The summed E-state index contributed by atoms with van der Waals surface area (Å²) in [5.74, 6) is 0.357. The average molecular weight is 293 g/mol. The topological polar surface area (TPSA) is 79.5 Å². The Morgan fingerprint density at radius 2 is 1.95 bits per heavy atom. The van der Waals surface area contributed by atoms with Gasteiger partial charge in [-0.25, -0.2) is 4.79 Å². The first-order valence-electron chi connectivity index (χ1n) is 7.65. The highest BCUT2D eigenvalue weighted by Crippen LogP contribution is 2.25. The summed E-state index contributed by atoms with van der Waals surface area (Å²) in [6.45, 7) is 1.86. The Labute approximate surface area is 124 Å². The van der Waals surface area contributed by atoms with Gasteiger partial charge >= 0.3 is 5.97 Å². The molecule has 2 N–H and O–H groups in total. The van der Waals surface area contributed by atoms with E-state index < -0.39 is 5.97 Å². The number of aromatic carboxylic acids is 1. The number of hydrogen-bond acceptors (Lipinski definition) is 3. The lowest BCUT2D eigenvalue weighted by Crippen LogP contribution is -2.24. The zero-order chi connectivity index (χ0) is 15.2. The second kappa shape index (κ2) is 7.29. The summed E-state index contributed by atoms with van der Waals surface area (Å²) < 4.78 is 5.34. The lowest BCUT2D eigenvalue weighted by atomic mass is 9.96. The molecule has 1 saturated carbocycles. The third-order valence-electron chi connectivity index (χ3n) is 4.11. The zero-order valence-electron chi connectivity index (χ0n) is 12.5. The van der Waals surface area contributed by atoms with E-state index in [1.165, 1.54) is 31.7 Å². The van der Waals surface area contributed by atoms with Crippen LogP contribution in [0.25, 0.3) is 0 Å². The van der Waals surface area contributed by atoms with Gasteiger partial charge in [0.2, 0.25) is 5.91 Å². The predicted octanol–water partition coefficient (Wildman–Crippen LogP) is 3.26. The molecule has 5 heteroatoms. The minimum Gasteiger partial charge on any atom is -0.478 e. The van der Waals surface area contributed by atoms with Gasteiger partial charge in [0.25, 0.3) is 0 Å². The summed E-state index contributed by atoms with van der Waals surface area (Å²) in [5.41, 5.74) is 0.156. The van der Waals surface area contributed by atoms with Gasteiger partial charge in [-0.1, -0.05) is 25.7 Å². The fraction of sp³-hybridized carbons (Fsp3) is 0.625. The van der Waals surface area contributed by atoms with Gasteiger partial charge in [0, 0.05) is 6.42 Å². The van der Waals surface area contributed by atoms with Crippen molar-refractivity contribution < 1.29 is 19.1 Å². The van der Waals surface area contributed by atoms with Crippen molar-refractivity contribution in [1.29, 1.82) is 0 Å². The van der Waals surface area contributed by atoms with E-state index in [-0.39, 0.29) is 18.0 Å². The number of nitrogens with one attached hydrogen (secondary N) is 1. The first kappa shape index (κ1) is 15.6. The predicted molar refractivity (Wildman–Crippen MR) is 78.1 cm³/mol. The lowest BCUT2D eigenvalue weighted by Gasteiger charge is -2.13. The van der Waals surface area contributed by atoms with Crippen LogP contribution < -0.4 is 5.32 Å². The Kier molecular flexibility index (Phi) is 5.42. The highest BCUT2D eigenvalue weighted by Gasteiger charge is 2.17. The minimum atomic E-state index is -1.01. The first-order valence-corrected chi connectivity index (χ1v) is 7.65. The van der Waals surface area contributed by atoms with E-state index in [0.717, 1.165) is 12.8 Å². The number of carboxylic acid groups (broad SMARTS) is 1. The van der Waals surface area contributed by atoms with E-state index in [9.17, 15) is 9.59 Å². The Hall–Kier alpha value is -1.78. The smallest absolute Gasteiger partial charge is 0.339 e. The third-order valence-corrected chi connectivity index (χ3v) is 4.11. The van der Waals surface area contributed by atoms with Crippen molar-refractivity contribution in [2.24, 2.45) is 5.92 Å². The number of carbonyl (C=O) groups excluding carboxylic acids is 1. The van der Waals surface area contributed by atoms with Crippen molar-refractivity contribution in [1.82, 2.24) is 5.32 Å². The van der Waals surface area contributed by atoms with Crippen LogP contribution in [0.2, 0.25) is 0 Å². The van der Waals surface area contributed by atoms with Crippen LogP contribution in [0, 0.1) is 12.8 Å². The maximum Gasteiger partial charge on any atom is 0.339 e. The molecule has 0 atom stereocenters. The van der Waals surface area contributed by atoms with Crippen LogP contribution in [0.5, 0.6) is 0 Å². The van der Waals surface area contributed by atoms with E-state index in [0.29, 0.717) is 23.9 Å². The Balaban J connectivity index is 1.80. The molecule has 21 heavy (non-hydrogen) atoms. The Morgan fingerprint density at radius 1 is 1.29 bits per heavy atom. The fourth-order valence-corrected chi connectivity index (χ4v) is 2.93. The normalized spacial score (nSPS) is 16.4.